The molecule has 112 valence electrons. The standard InChI is InChI=1S/C15H26N4O/c1-4-6-7-9-19(3)15(20)12-10-13(8-5-2)17-14(11-12)18-16/h10-11H,4-9,16H2,1-3H3,(H,17,18). The SMILES string of the molecule is CCCCCN(C)C(=O)c1cc(CCC)nc(NN)c1. The topological polar surface area (TPSA) is 71.2 Å². The highest BCUT2D eigenvalue weighted by atomic mass is 16.2. The number of pyridine rings is 1. The Labute approximate surface area is 121 Å². The molecule has 20 heavy (non-hydrogen) atoms. The molecule has 0 aliphatic heterocycles. The van der Waals surface area contributed by atoms with Gasteiger partial charge in [0.15, 0.2) is 0 Å². The van der Waals surface area contributed by atoms with Gasteiger partial charge in [0.1, 0.15) is 5.82 Å². The summed E-state index contributed by atoms with van der Waals surface area (Å²) in [5, 5.41) is 0. The largest absolute Gasteiger partial charge is 0.342 e. The van der Waals surface area contributed by atoms with Crippen LogP contribution in [0.5, 0.6) is 0 Å². The Balaban J connectivity index is 2.82. The Hall–Kier alpha value is -1.62. The first-order chi connectivity index (χ1) is 9.62. The van der Waals surface area contributed by atoms with E-state index >= 15 is 0 Å². The summed E-state index contributed by atoms with van der Waals surface area (Å²) >= 11 is 0. The molecule has 0 radical (unpaired) electrons. The van der Waals surface area contributed by atoms with Crippen LogP contribution in [0.3, 0.4) is 0 Å². The molecule has 0 spiro atoms. The van der Waals surface area contributed by atoms with Gasteiger partial charge in [-0.25, -0.2) is 10.8 Å². The third-order valence-electron chi connectivity index (χ3n) is 3.22. The van der Waals surface area contributed by atoms with Crippen molar-refractivity contribution >= 4 is 11.7 Å². The highest BCUT2D eigenvalue weighted by Crippen LogP contribution is 2.13. The number of aromatic nitrogens is 1. The number of aryl methyl sites for hydroxylation is 1. The Morgan fingerprint density at radius 2 is 2.05 bits per heavy atom. The van der Waals surface area contributed by atoms with Crippen LogP contribution in [0, 0.1) is 0 Å². The number of nitrogens with one attached hydrogen (secondary N) is 1. The summed E-state index contributed by atoms with van der Waals surface area (Å²) in [5.41, 5.74) is 4.08. The molecule has 5 nitrogen and oxygen atoms in total. The molecule has 0 saturated heterocycles. The van der Waals surface area contributed by atoms with Crippen molar-refractivity contribution in [1.82, 2.24) is 9.88 Å². The van der Waals surface area contributed by atoms with Crippen molar-refractivity contribution in [2.24, 2.45) is 5.84 Å². The zero-order chi connectivity index (χ0) is 15.0. The molecule has 1 rings (SSSR count). The second-order valence-electron chi connectivity index (χ2n) is 5.06. The molecule has 1 amide bonds. The zero-order valence-electron chi connectivity index (χ0n) is 12.8. The molecule has 0 unspecified atom stereocenters. The molecule has 1 heterocycles. The van der Waals surface area contributed by atoms with Crippen LogP contribution in [-0.2, 0) is 6.42 Å². The molecule has 0 saturated carbocycles. The van der Waals surface area contributed by atoms with Crippen molar-refractivity contribution in [3.63, 3.8) is 0 Å². The molecule has 0 aliphatic carbocycles. The van der Waals surface area contributed by atoms with Crippen LogP contribution >= 0.6 is 0 Å². The fourth-order valence-corrected chi connectivity index (χ4v) is 2.09. The summed E-state index contributed by atoms with van der Waals surface area (Å²) in [6.45, 7) is 5.02. The van der Waals surface area contributed by atoms with Gasteiger partial charge in [0.2, 0.25) is 0 Å². The molecular weight excluding hydrogens is 252 g/mol. The Morgan fingerprint density at radius 1 is 1.30 bits per heavy atom. The van der Waals surface area contributed by atoms with E-state index in [0.29, 0.717) is 11.4 Å². The lowest BCUT2D eigenvalue weighted by atomic mass is 10.1. The van der Waals surface area contributed by atoms with Gasteiger partial charge in [0.05, 0.1) is 0 Å². The molecule has 1 aromatic heterocycles. The van der Waals surface area contributed by atoms with Crippen LogP contribution < -0.4 is 11.3 Å². The number of nitrogen functional groups attached to an aromatic ring is 1. The van der Waals surface area contributed by atoms with Gasteiger partial charge < -0.3 is 10.3 Å². The van der Waals surface area contributed by atoms with Gasteiger partial charge in [-0.1, -0.05) is 33.1 Å². The minimum absolute atomic E-state index is 0.0253. The molecular formula is C15H26N4O. The number of unbranched alkanes of at least 4 members (excludes halogenated alkanes) is 2. The van der Waals surface area contributed by atoms with E-state index in [9.17, 15) is 4.79 Å². The number of carbonyl (C=O) groups excluding carboxylic acids is 1. The van der Waals surface area contributed by atoms with Gasteiger partial charge in [0.25, 0.3) is 5.91 Å². The summed E-state index contributed by atoms with van der Waals surface area (Å²) < 4.78 is 0. The number of nitrogens with zero attached hydrogens (tertiary/aromatic N) is 2. The van der Waals surface area contributed by atoms with Crippen LogP contribution in [0.4, 0.5) is 5.82 Å². The normalized spacial score (nSPS) is 10.4. The second kappa shape index (κ2) is 8.53. The first-order valence-electron chi connectivity index (χ1n) is 7.35. The van der Waals surface area contributed by atoms with E-state index in [2.05, 4.69) is 24.3 Å². The quantitative estimate of drug-likeness (QED) is 0.435. The first-order valence-corrected chi connectivity index (χ1v) is 7.35. The monoisotopic (exact) mass is 278 g/mol. The average Bonchev–Trinajstić information content (AvgIpc) is 2.46. The van der Waals surface area contributed by atoms with E-state index in [1.165, 1.54) is 0 Å². The molecule has 5 heteroatoms. The minimum atomic E-state index is 0.0253. The predicted octanol–water partition coefficient (Wildman–Crippen LogP) is 2.58. The molecule has 0 aromatic carbocycles. The molecule has 0 fully saturated rings. The fraction of sp³-hybridized carbons (Fsp3) is 0.600. The van der Waals surface area contributed by atoms with Gasteiger partial charge in [0, 0.05) is 24.8 Å². The van der Waals surface area contributed by atoms with E-state index in [4.69, 9.17) is 5.84 Å². The van der Waals surface area contributed by atoms with Crippen LogP contribution in [0.25, 0.3) is 0 Å². The maximum Gasteiger partial charge on any atom is 0.253 e. The van der Waals surface area contributed by atoms with Crippen molar-refractivity contribution in [3.05, 3.63) is 23.4 Å². The summed E-state index contributed by atoms with van der Waals surface area (Å²) in [6, 6.07) is 3.57. The van der Waals surface area contributed by atoms with Crippen molar-refractivity contribution in [1.29, 1.82) is 0 Å². The Bertz CT molecular complexity index is 434. The highest BCUT2D eigenvalue weighted by Gasteiger charge is 2.13. The van der Waals surface area contributed by atoms with Gasteiger partial charge in [-0.15, -0.1) is 0 Å². The van der Waals surface area contributed by atoms with Crippen molar-refractivity contribution in [3.8, 4) is 0 Å². The van der Waals surface area contributed by atoms with E-state index < -0.39 is 0 Å². The number of anilines is 1. The van der Waals surface area contributed by atoms with Crippen molar-refractivity contribution in [2.75, 3.05) is 19.0 Å². The third kappa shape index (κ3) is 4.81. The number of hydrogen-bond acceptors (Lipinski definition) is 4. The summed E-state index contributed by atoms with van der Waals surface area (Å²) in [4.78, 5) is 18.5. The number of carbonyl (C=O) groups is 1. The summed E-state index contributed by atoms with van der Waals surface area (Å²) in [6.07, 6.45) is 5.16. The molecule has 3 N–H and O–H groups in total. The maximum absolute atomic E-state index is 12.4. The van der Waals surface area contributed by atoms with Crippen molar-refractivity contribution in [2.45, 2.75) is 46.0 Å². The van der Waals surface area contributed by atoms with E-state index in [1.54, 1.807) is 11.0 Å². The van der Waals surface area contributed by atoms with Gasteiger partial charge >= 0.3 is 0 Å². The van der Waals surface area contributed by atoms with Gasteiger partial charge in [-0.2, -0.15) is 0 Å². The summed E-state index contributed by atoms with van der Waals surface area (Å²) in [7, 11) is 1.84. The lowest BCUT2D eigenvalue weighted by Crippen LogP contribution is -2.28. The number of hydrogen-bond donors (Lipinski definition) is 2. The fourth-order valence-electron chi connectivity index (χ4n) is 2.09. The van der Waals surface area contributed by atoms with E-state index in [1.807, 2.05) is 13.1 Å². The van der Waals surface area contributed by atoms with Crippen LogP contribution in [0.1, 0.15) is 55.6 Å². The van der Waals surface area contributed by atoms with Crippen molar-refractivity contribution < 1.29 is 4.79 Å². The lowest BCUT2D eigenvalue weighted by molar-refractivity contribution is 0.0792. The lowest BCUT2D eigenvalue weighted by Gasteiger charge is -2.18. The smallest absolute Gasteiger partial charge is 0.253 e. The summed E-state index contributed by atoms with van der Waals surface area (Å²) in [5.74, 6) is 5.99. The van der Waals surface area contributed by atoms with E-state index in [-0.39, 0.29) is 5.91 Å². The maximum atomic E-state index is 12.4. The average molecular weight is 278 g/mol. The van der Waals surface area contributed by atoms with Crippen LogP contribution in [-0.4, -0.2) is 29.4 Å². The van der Waals surface area contributed by atoms with Gasteiger partial charge in [-0.05, 0) is 25.0 Å². The second-order valence-corrected chi connectivity index (χ2v) is 5.06. The molecule has 0 aliphatic rings. The third-order valence-corrected chi connectivity index (χ3v) is 3.22. The Kier molecular flexibility index (Phi) is 7.01. The van der Waals surface area contributed by atoms with Crippen LogP contribution in [0.2, 0.25) is 0 Å². The van der Waals surface area contributed by atoms with Crippen LogP contribution in [0.15, 0.2) is 12.1 Å². The first kappa shape index (κ1) is 16.4. The highest BCUT2D eigenvalue weighted by molar-refractivity contribution is 5.94. The number of rotatable bonds is 8. The number of hydrazine groups is 1. The molecule has 0 bridgehead atoms. The minimum Gasteiger partial charge on any atom is -0.342 e. The molecule has 1 aromatic rings. The number of nitrogens with two attached hydrogens (primary N) is 1. The number of amides is 1. The predicted molar refractivity (Wildman–Crippen MR) is 82.5 cm³/mol. The molecule has 0 atom stereocenters. The van der Waals surface area contributed by atoms with E-state index in [0.717, 1.165) is 44.3 Å². The zero-order valence-corrected chi connectivity index (χ0v) is 12.8. The Morgan fingerprint density at radius 3 is 2.65 bits per heavy atom. The van der Waals surface area contributed by atoms with Gasteiger partial charge in [-0.3, -0.25) is 4.79 Å².